The summed E-state index contributed by atoms with van der Waals surface area (Å²) in [4.78, 5) is 19.6. The van der Waals surface area contributed by atoms with Crippen molar-refractivity contribution >= 4 is 22.6 Å². The molecule has 7 nitrogen and oxygen atoms in total. The summed E-state index contributed by atoms with van der Waals surface area (Å²) in [6, 6.07) is 15.4. The third-order valence-electron chi connectivity index (χ3n) is 4.45. The Kier molecular flexibility index (Phi) is 5.24. The SMILES string of the molecule is O=C(NCCc1c[nH]c2ccccc12)c1ccc(NCc2cccnc2)nn1. The molecule has 0 saturated heterocycles. The summed E-state index contributed by atoms with van der Waals surface area (Å²) in [5.41, 5.74) is 3.62. The Balaban J connectivity index is 1.28. The number of hydrogen-bond acceptors (Lipinski definition) is 5. The minimum absolute atomic E-state index is 0.230. The van der Waals surface area contributed by atoms with Crippen LogP contribution in [0.25, 0.3) is 10.9 Å². The van der Waals surface area contributed by atoms with Gasteiger partial charge in [0.25, 0.3) is 5.91 Å². The van der Waals surface area contributed by atoms with E-state index >= 15 is 0 Å². The topological polar surface area (TPSA) is 95.6 Å². The highest BCUT2D eigenvalue weighted by molar-refractivity contribution is 5.92. The summed E-state index contributed by atoms with van der Waals surface area (Å²) in [7, 11) is 0. The normalized spacial score (nSPS) is 10.7. The van der Waals surface area contributed by atoms with Crippen molar-refractivity contribution < 1.29 is 4.79 Å². The molecule has 0 bridgehead atoms. The summed E-state index contributed by atoms with van der Waals surface area (Å²) in [6.45, 7) is 1.13. The monoisotopic (exact) mass is 372 g/mol. The zero-order chi connectivity index (χ0) is 19.2. The van der Waals surface area contributed by atoms with E-state index in [1.165, 1.54) is 10.9 Å². The van der Waals surface area contributed by atoms with Crippen LogP contribution >= 0.6 is 0 Å². The summed E-state index contributed by atoms with van der Waals surface area (Å²) in [5, 5.41) is 15.3. The summed E-state index contributed by atoms with van der Waals surface area (Å²) in [6.07, 6.45) is 6.25. The number of pyridine rings is 1. The van der Waals surface area contributed by atoms with Gasteiger partial charge < -0.3 is 15.6 Å². The molecule has 3 N–H and O–H groups in total. The number of carbonyl (C=O) groups excluding carboxylic acids is 1. The van der Waals surface area contributed by atoms with E-state index in [0.717, 1.165) is 17.5 Å². The fourth-order valence-corrected chi connectivity index (χ4v) is 2.98. The van der Waals surface area contributed by atoms with Gasteiger partial charge in [0.2, 0.25) is 0 Å². The number of amides is 1. The van der Waals surface area contributed by atoms with Crippen molar-refractivity contribution in [3.05, 3.63) is 83.9 Å². The molecule has 0 saturated carbocycles. The van der Waals surface area contributed by atoms with Gasteiger partial charge in [0.15, 0.2) is 5.69 Å². The Labute approximate surface area is 162 Å². The Hall–Kier alpha value is -3.74. The molecule has 7 heteroatoms. The Morgan fingerprint density at radius 3 is 2.79 bits per heavy atom. The highest BCUT2D eigenvalue weighted by atomic mass is 16.1. The predicted molar refractivity (Wildman–Crippen MR) is 108 cm³/mol. The molecule has 4 rings (SSSR count). The van der Waals surface area contributed by atoms with Crippen LogP contribution in [0.1, 0.15) is 21.6 Å². The largest absolute Gasteiger partial charge is 0.364 e. The second-order valence-electron chi connectivity index (χ2n) is 6.38. The third-order valence-corrected chi connectivity index (χ3v) is 4.45. The third kappa shape index (κ3) is 4.15. The molecular weight excluding hydrogens is 352 g/mol. The fourth-order valence-electron chi connectivity index (χ4n) is 2.98. The fraction of sp³-hybridized carbons (Fsp3) is 0.143. The van der Waals surface area contributed by atoms with Crippen molar-refractivity contribution in [2.75, 3.05) is 11.9 Å². The molecule has 0 atom stereocenters. The van der Waals surface area contributed by atoms with E-state index in [0.29, 0.717) is 24.6 Å². The Bertz CT molecular complexity index is 1060. The van der Waals surface area contributed by atoms with E-state index in [-0.39, 0.29) is 5.91 Å². The molecule has 0 aliphatic heterocycles. The number of nitrogens with one attached hydrogen (secondary N) is 3. The highest BCUT2D eigenvalue weighted by Gasteiger charge is 2.09. The van der Waals surface area contributed by atoms with Crippen LogP contribution in [0, 0.1) is 0 Å². The van der Waals surface area contributed by atoms with Gasteiger partial charge in [-0.3, -0.25) is 9.78 Å². The molecule has 1 amide bonds. The zero-order valence-corrected chi connectivity index (χ0v) is 15.2. The second-order valence-corrected chi connectivity index (χ2v) is 6.38. The minimum atomic E-state index is -0.230. The van der Waals surface area contributed by atoms with Gasteiger partial charge in [-0.15, -0.1) is 10.2 Å². The first-order chi connectivity index (χ1) is 13.8. The molecule has 0 aliphatic rings. The molecule has 0 spiro atoms. The molecular formula is C21H20N6O. The average Bonchev–Trinajstić information content (AvgIpc) is 3.16. The zero-order valence-electron chi connectivity index (χ0n) is 15.2. The number of carbonyl (C=O) groups is 1. The van der Waals surface area contributed by atoms with E-state index in [1.54, 1.807) is 24.5 Å². The van der Waals surface area contributed by atoms with Gasteiger partial charge in [-0.1, -0.05) is 24.3 Å². The number of aromatic nitrogens is 4. The standard InChI is InChI=1S/C21H20N6O/c28-21(23-11-9-16-14-24-18-6-2-1-5-17(16)18)19-7-8-20(27-26-19)25-13-15-4-3-10-22-12-15/h1-8,10,12,14,24H,9,11,13H2,(H,23,28)(H,25,27). The van der Waals surface area contributed by atoms with Crippen molar-refractivity contribution in [1.29, 1.82) is 0 Å². The maximum Gasteiger partial charge on any atom is 0.271 e. The van der Waals surface area contributed by atoms with Gasteiger partial charge in [-0.2, -0.15) is 0 Å². The second kappa shape index (κ2) is 8.30. The van der Waals surface area contributed by atoms with Crippen molar-refractivity contribution in [3.63, 3.8) is 0 Å². The quantitative estimate of drug-likeness (QED) is 0.464. The molecule has 1 aromatic carbocycles. The lowest BCUT2D eigenvalue weighted by atomic mass is 10.1. The molecule has 3 aromatic heterocycles. The molecule has 140 valence electrons. The van der Waals surface area contributed by atoms with Crippen molar-refractivity contribution in [3.8, 4) is 0 Å². The Morgan fingerprint density at radius 2 is 1.96 bits per heavy atom. The van der Waals surface area contributed by atoms with Crippen molar-refractivity contribution in [1.82, 2.24) is 25.5 Å². The van der Waals surface area contributed by atoms with Crippen LogP contribution in [0.5, 0.6) is 0 Å². The van der Waals surface area contributed by atoms with Gasteiger partial charge in [-0.05, 0) is 41.8 Å². The van der Waals surface area contributed by atoms with E-state index in [4.69, 9.17) is 0 Å². The van der Waals surface area contributed by atoms with Gasteiger partial charge >= 0.3 is 0 Å². The van der Waals surface area contributed by atoms with Crippen LogP contribution in [-0.2, 0) is 13.0 Å². The first-order valence-corrected chi connectivity index (χ1v) is 9.09. The predicted octanol–water partition coefficient (Wildman–Crippen LogP) is 2.94. The van der Waals surface area contributed by atoms with Crippen LogP contribution in [0.15, 0.2) is 67.1 Å². The van der Waals surface area contributed by atoms with Crippen molar-refractivity contribution in [2.45, 2.75) is 13.0 Å². The van der Waals surface area contributed by atoms with Gasteiger partial charge in [0.1, 0.15) is 5.82 Å². The lowest BCUT2D eigenvalue weighted by Crippen LogP contribution is -2.26. The van der Waals surface area contributed by atoms with E-state index in [1.807, 2.05) is 36.5 Å². The number of benzene rings is 1. The summed E-state index contributed by atoms with van der Waals surface area (Å²) in [5.74, 6) is 0.380. The van der Waals surface area contributed by atoms with Crippen LogP contribution < -0.4 is 10.6 Å². The molecule has 3 heterocycles. The number of fused-ring (bicyclic) bond motifs is 1. The number of aromatic amines is 1. The van der Waals surface area contributed by atoms with Gasteiger partial charge in [0.05, 0.1) is 0 Å². The minimum Gasteiger partial charge on any atom is -0.364 e. The average molecular weight is 372 g/mol. The first kappa shape index (κ1) is 17.7. The smallest absolute Gasteiger partial charge is 0.271 e. The maximum absolute atomic E-state index is 12.3. The van der Waals surface area contributed by atoms with Gasteiger partial charge in [0, 0.05) is 42.6 Å². The van der Waals surface area contributed by atoms with Crippen LogP contribution in [0.3, 0.4) is 0 Å². The highest BCUT2D eigenvalue weighted by Crippen LogP contribution is 2.17. The van der Waals surface area contributed by atoms with Crippen LogP contribution in [0.4, 0.5) is 5.82 Å². The summed E-state index contributed by atoms with van der Waals surface area (Å²) < 4.78 is 0. The number of para-hydroxylation sites is 1. The summed E-state index contributed by atoms with van der Waals surface area (Å²) >= 11 is 0. The molecule has 0 aliphatic carbocycles. The molecule has 0 fully saturated rings. The van der Waals surface area contributed by atoms with Crippen molar-refractivity contribution in [2.24, 2.45) is 0 Å². The van der Waals surface area contributed by atoms with E-state index < -0.39 is 0 Å². The first-order valence-electron chi connectivity index (χ1n) is 9.09. The number of hydrogen-bond donors (Lipinski definition) is 3. The number of anilines is 1. The van der Waals surface area contributed by atoms with E-state index in [9.17, 15) is 4.79 Å². The van der Waals surface area contributed by atoms with Crippen LogP contribution in [-0.4, -0.2) is 32.6 Å². The van der Waals surface area contributed by atoms with Gasteiger partial charge in [-0.25, -0.2) is 0 Å². The van der Waals surface area contributed by atoms with Crippen LogP contribution in [0.2, 0.25) is 0 Å². The lowest BCUT2D eigenvalue weighted by Gasteiger charge is -2.06. The number of rotatable bonds is 7. The number of nitrogens with zero attached hydrogens (tertiary/aromatic N) is 3. The molecule has 28 heavy (non-hydrogen) atoms. The lowest BCUT2D eigenvalue weighted by molar-refractivity contribution is 0.0948. The van der Waals surface area contributed by atoms with E-state index in [2.05, 4.69) is 36.9 Å². The Morgan fingerprint density at radius 1 is 1.04 bits per heavy atom. The number of H-pyrrole nitrogens is 1. The molecule has 0 radical (unpaired) electrons. The molecule has 0 unspecified atom stereocenters. The molecule has 4 aromatic rings. The maximum atomic E-state index is 12.3.